The number of fused-ring (bicyclic) bond motifs is 1. The van der Waals surface area contributed by atoms with Crippen LogP contribution in [0.25, 0.3) is 0 Å². The van der Waals surface area contributed by atoms with E-state index in [1.54, 1.807) is 0 Å². The third-order valence-electron chi connectivity index (χ3n) is 3.84. The van der Waals surface area contributed by atoms with Crippen LogP contribution in [0.1, 0.15) is 52.9 Å². The second-order valence-electron chi connectivity index (χ2n) is 6.17. The molecule has 2 heteroatoms. The molecular weight excluding hydrogens is 186 g/mol. The molecule has 0 saturated carbocycles. The van der Waals surface area contributed by atoms with Gasteiger partial charge in [-0.25, -0.2) is 0 Å². The minimum absolute atomic E-state index is 0.0143. The van der Waals surface area contributed by atoms with Gasteiger partial charge in [-0.2, -0.15) is 0 Å². The molecule has 0 radical (unpaired) electrons. The molecule has 0 aromatic carbocycles. The highest BCUT2D eigenvalue weighted by Gasteiger charge is 2.42. The van der Waals surface area contributed by atoms with Crippen molar-refractivity contribution < 1.29 is 4.74 Å². The summed E-state index contributed by atoms with van der Waals surface area (Å²) in [7, 11) is 0. The molecule has 2 aliphatic rings. The summed E-state index contributed by atoms with van der Waals surface area (Å²) < 4.78 is 6.03. The topological polar surface area (TPSA) is 12.5 Å². The fourth-order valence-electron chi connectivity index (χ4n) is 2.97. The fourth-order valence-corrected chi connectivity index (χ4v) is 2.97. The van der Waals surface area contributed by atoms with Crippen LogP contribution in [0, 0.1) is 0 Å². The van der Waals surface area contributed by atoms with Gasteiger partial charge in [0.05, 0.1) is 12.2 Å². The Bertz CT molecular complexity index is 221. The number of nitrogens with zero attached hydrogens (tertiary/aromatic N) is 1. The van der Waals surface area contributed by atoms with E-state index < -0.39 is 0 Å². The van der Waals surface area contributed by atoms with Crippen LogP contribution in [-0.4, -0.2) is 35.7 Å². The normalized spacial score (nSPS) is 33.0. The van der Waals surface area contributed by atoms with E-state index in [2.05, 4.69) is 25.7 Å². The van der Waals surface area contributed by atoms with Crippen molar-refractivity contribution in [3.05, 3.63) is 0 Å². The summed E-state index contributed by atoms with van der Waals surface area (Å²) in [4.78, 5) is 2.68. The number of piperidine rings is 1. The average molecular weight is 211 g/mol. The first-order valence-corrected chi connectivity index (χ1v) is 6.41. The summed E-state index contributed by atoms with van der Waals surface area (Å²) in [5.41, 5.74) is 0.423. The molecule has 2 aliphatic heterocycles. The third kappa shape index (κ3) is 2.54. The minimum atomic E-state index is 0.0143. The lowest BCUT2D eigenvalue weighted by molar-refractivity contribution is -0.0726. The Hall–Kier alpha value is -0.0800. The van der Waals surface area contributed by atoms with Crippen LogP contribution >= 0.6 is 0 Å². The first-order chi connectivity index (χ1) is 7.02. The van der Waals surface area contributed by atoms with Gasteiger partial charge in [0.2, 0.25) is 0 Å². The fraction of sp³-hybridized carbons (Fsp3) is 1.00. The van der Waals surface area contributed by atoms with Crippen molar-refractivity contribution >= 4 is 0 Å². The van der Waals surface area contributed by atoms with Gasteiger partial charge in [0, 0.05) is 5.54 Å². The molecule has 0 N–H and O–H groups in total. The predicted octanol–water partition coefficient (Wildman–Crippen LogP) is 2.82. The van der Waals surface area contributed by atoms with E-state index in [0.29, 0.717) is 5.54 Å². The molecule has 0 spiro atoms. The summed E-state index contributed by atoms with van der Waals surface area (Å²) >= 11 is 0. The Labute approximate surface area is 94.0 Å². The average Bonchev–Trinajstić information content (AvgIpc) is 2.57. The molecule has 1 atom stereocenters. The van der Waals surface area contributed by atoms with Gasteiger partial charge in [-0.05, 0) is 59.5 Å². The van der Waals surface area contributed by atoms with Crippen LogP contribution < -0.4 is 0 Å². The van der Waals surface area contributed by atoms with Crippen LogP contribution in [0.5, 0.6) is 0 Å². The molecule has 88 valence electrons. The molecule has 0 aliphatic carbocycles. The molecular formula is C13H25NO. The van der Waals surface area contributed by atoms with Crippen molar-refractivity contribution in [1.29, 1.82) is 0 Å². The Kier molecular flexibility index (Phi) is 3.09. The molecule has 2 nitrogen and oxygen atoms in total. The van der Waals surface area contributed by atoms with Crippen molar-refractivity contribution in [2.24, 2.45) is 0 Å². The highest BCUT2D eigenvalue weighted by Crippen LogP contribution is 2.38. The monoisotopic (exact) mass is 211 g/mol. The lowest BCUT2D eigenvalue weighted by atomic mass is 9.87. The van der Waals surface area contributed by atoms with E-state index in [-0.39, 0.29) is 5.60 Å². The standard InChI is InChI=1S/C13H25NO/c1-12(2,3)15-11-13-7-4-5-9-14(13)10-6-8-13/h4-11H2,1-3H3/t13-/m1/s1. The van der Waals surface area contributed by atoms with Crippen LogP contribution in [-0.2, 0) is 4.74 Å². The molecule has 0 amide bonds. The van der Waals surface area contributed by atoms with Crippen molar-refractivity contribution in [1.82, 2.24) is 4.90 Å². The minimum Gasteiger partial charge on any atom is -0.374 e. The summed E-state index contributed by atoms with van der Waals surface area (Å²) in [5.74, 6) is 0. The number of rotatable bonds is 2. The molecule has 2 heterocycles. The van der Waals surface area contributed by atoms with Gasteiger partial charge in [0.25, 0.3) is 0 Å². The van der Waals surface area contributed by atoms with E-state index in [1.807, 2.05) is 0 Å². The maximum Gasteiger partial charge on any atom is 0.0657 e. The molecule has 2 saturated heterocycles. The van der Waals surface area contributed by atoms with Gasteiger partial charge in [0.15, 0.2) is 0 Å². The SMILES string of the molecule is CC(C)(C)OC[C@]12CCCCN1CCC2. The molecule has 2 rings (SSSR count). The van der Waals surface area contributed by atoms with Gasteiger partial charge in [-0.1, -0.05) is 6.42 Å². The van der Waals surface area contributed by atoms with Crippen molar-refractivity contribution in [3.63, 3.8) is 0 Å². The molecule has 0 aromatic rings. The van der Waals surface area contributed by atoms with E-state index >= 15 is 0 Å². The summed E-state index contributed by atoms with van der Waals surface area (Å²) in [6, 6.07) is 0. The lowest BCUT2D eigenvalue weighted by Crippen LogP contribution is -2.51. The second kappa shape index (κ2) is 4.06. The van der Waals surface area contributed by atoms with Crippen molar-refractivity contribution in [2.75, 3.05) is 19.7 Å². The third-order valence-corrected chi connectivity index (χ3v) is 3.84. The predicted molar refractivity (Wildman–Crippen MR) is 63.1 cm³/mol. The van der Waals surface area contributed by atoms with Gasteiger partial charge < -0.3 is 4.74 Å². The quantitative estimate of drug-likeness (QED) is 0.696. The Morgan fingerprint density at radius 1 is 1.07 bits per heavy atom. The zero-order valence-corrected chi connectivity index (χ0v) is 10.5. The highest BCUT2D eigenvalue weighted by atomic mass is 16.5. The van der Waals surface area contributed by atoms with Crippen LogP contribution in [0.2, 0.25) is 0 Å². The van der Waals surface area contributed by atoms with E-state index in [0.717, 1.165) is 6.61 Å². The Morgan fingerprint density at radius 2 is 1.73 bits per heavy atom. The first kappa shape index (κ1) is 11.4. The lowest BCUT2D eigenvalue weighted by Gasteiger charge is -2.43. The van der Waals surface area contributed by atoms with Gasteiger partial charge >= 0.3 is 0 Å². The summed E-state index contributed by atoms with van der Waals surface area (Å²) in [6.07, 6.45) is 6.85. The van der Waals surface area contributed by atoms with Gasteiger partial charge in [-0.3, -0.25) is 4.90 Å². The first-order valence-electron chi connectivity index (χ1n) is 6.41. The largest absolute Gasteiger partial charge is 0.374 e. The molecule has 0 aromatic heterocycles. The van der Waals surface area contributed by atoms with Crippen LogP contribution in [0.4, 0.5) is 0 Å². The van der Waals surface area contributed by atoms with E-state index in [9.17, 15) is 0 Å². The van der Waals surface area contributed by atoms with E-state index in [4.69, 9.17) is 4.74 Å². The number of hydrogen-bond donors (Lipinski definition) is 0. The molecule has 15 heavy (non-hydrogen) atoms. The Morgan fingerprint density at radius 3 is 2.47 bits per heavy atom. The van der Waals surface area contributed by atoms with Crippen LogP contribution in [0.15, 0.2) is 0 Å². The zero-order valence-electron chi connectivity index (χ0n) is 10.5. The van der Waals surface area contributed by atoms with E-state index in [1.165, 1.54) is 45.2 Å². The van der Waals surface area contributed by atoms with Gasteiger partial charge in [-0.15, -0.1) is 0 Å². The highest BCUT2D eigenvalue weighted by molar-refractivity contribution is 4.98. The number of hydrogen-bond acceptors (Lipinski definition) is 2. The van der Waals surface area contributed by atoms with Crippen molar-refractivity contribution in [3.8, 4) is 0 Å². The molecule has 0 unspecified atom stereocenters. The summed E-state index contributed by atoms with van der Waals surface area (Å²) in [5, 5.41) is 0. The smallest absolute Gasteiger partial charge is 0.0657 e. The Balaban J connectivity index is 1.97. The maximum absolute atomic E-state index is 6.03. The summed E-state index contributed by atoms with van der Waals surface area (Å²) in [6.45, 7) is 10.0. The molecule has 0 bridgehead atoms. The maximum atomic E-state index is 6.03. The van der Waals surface area contributed by atoms with Crippen LogP contribution in [0.3, 0.4) is 0 Å². The zero-order chi connectivity index (χ0) is 10.9. The second-order valence-corrected chi connectivity index (χ2v) is 6.17. The van der Waals surface area contributed by atoms with Gasteiger partial charge in [0.1, 0.15) is 0 Å². The molecule has 2 fully saturated rings. The number of ether oxygens (including phenoxy) is 1. The van der Waals surface area contributed by atoms with Crippen molar-refractivity contribution in [2.45, 2.75) is 64.0 Å².